The number of nitrogens with two attached hydrogens (primary N) is 1. The highest BCUT2D eigenvalue weighted by Gasteiger charge is 2.45. The van der Waals surface area contributed by atoms with E-state index < -0.39 is 70.3 Å². The average Bonchev–Trinajstić information content (AvgIpc) is 3.64. The SMILES string of the molecule is CCOC(=O)/C(=C\N(C)C)C(=O)C(F)(F)F.CCOC(=O)c1cnn(C2CCC2)c1C(F)(F)F.Cl.NNC1CCC1.O=C(O)c1cnn(C2CCC2)c1C(F)(F)F. The van der Waals surface area contributed by atoms with Gasteiger partial charge in [0.2, 0.25) is 0 Å². The third-order valence-corrected chi connectivity index (χ3v) is 8.42. The first-order valence-corrected chi connectivity index (χ1v) is 17.3. The van der Waals surface area contributed by atoms with Crippen molar-refractivity contribution >= 4 is 36.1 Å². The molecular formula is C33H45ClF9N7O7. The summed E-state index contributed by atoms with van der Waals surface area (Å²) in [4.78, 5) is 45.3. The molecule has 0 amide bonds. The Morgan fingerprint density at radius 3 is 1.51 bits per heavy atom. The second-order valence-corrected chi connectivity index (χ2v) is 12.7. The zero-order chi connectivity index (χ0) is 42.6. The van der Waals surface area contributed by atoms with Crippen molar-refractivity contribution in [3.05, 3.63) is 46.7 Å². The van der Waals surface area contributed by atoms with Crippen LogP contribution in [0, 0.1) is 0 Å². The van der Waals surface area contributed by atoms with Crippen molar-refractivity contribution in [2.24, 2.45) is 5.84 Å². The van der Waals surface area contributed by atoms with Crippen LogP contribution >= 0.6 is 12.4 Å². The molecule has 3 fully saturated rings. The molecule has 24 heteroatoms. The third kappa shape index (κ3) is 14.5. The number of hydrazine groups is 1. The van der Waals surface area contributed by atoms with Gasteiger partial charge in [0.25, 0.3) is 5.78 Å². The van der Waals surface area contributed by atoms with Crippen molar-refractivity contribution in [3.63, 3.8) is 0 Å². The summed E-state index contributed by atoms with van der Waals surface area (Å²) in [5, 5.41) is 15.9. The average molecular weight is 858 g/mol. The number of carboxylic acids is 1. The fourth-order valence-electron chi connectivity index (χ4n) is 5.02. The summed E-state index contributed by atoms with van der Waals surface area (Å²) >= 11 is 0. The van der Waals surface area contributed by atoms with Crippen LogP contribution in [0.3, 0.4) is 0 Å². The van der Waals surface area contributed by atoms with E-state index in [0.717, 1.165) is 45.7 Å². The molecule has 3 aliphatic rings. The Hall–Kier alpha value is -4.38. The Labute approximate surface area is 327 Å². The zero-order valence-corrected chi connectivity index (χ0v) is 32.1. The van der Waals surface area contributed by atoms with Gasteiger partial charge in [-0.15, -0.1) is 12.4 Å². The quantitative estimate of drug-likeness (QED) is 0.0439. The molecule has 2 heterocycles. The monoisotopic (exact) mass is 857 g/mol. The Morgan fingerprint density at radius 1 is 0.807 bits per heavy atom. The molecular weight excluding hydrogens is 813 g/mol. The largest absolute Gasteiger partial charge is 0.478 e. The van der Waals surface area contributed by atoms with Crippen LogP contribution < -0.4 is 11.3 Å². The molecule has 0 atom stereocenters. The minimum atomic E-state index is -5.09. The van der Waals surface area contributed by atoms with Gasteiger partial charge in [0.1, 0.15) is 16.7 Å². The number of ether oxygens (including phenoxy) is 2. The number of nitrogens with zero attached hydrogens (tertiary/aromatic N) is 5. The summed E-state index contributed by atoms with van der Waals surface area (Å²) in [5.41, 5.74) is -1.75. The number of aromatic carboxylic acids is 1. The lowest BCUT2D eigenvalue weighted by molar-refractivity contribution is -0.168. The number of halogens is 10. The number of carboxylic acid groups (broad SMARTS) is 1. The van der Waals surface area contributed by atoms with Gasteiger partial charge in [-0.25, -0.2) is 14.4 Å². The van der Waals surface area contributed by atoms with Gasteiger partial charge in [0.05, 0.1) is 37.7 Å². The summed E-state index contributed by atoms with van der Waals surface area (Å²) in [6.45, 7) is 2.91. The number of hydrogen-bond donors (Lipinski definition) is 3. The zero-order valence-electron chi connectivity index (χ0n) is 31.3. The molecule has 2 aromatic rings. The number of rotatable bonds is 10. The summed E-state index contributed by atoms with van der Waals surface area (Å²) < 4.78 is 124. The number of ketones is 1. The smallest absolute Gasteiger partial charge is 0.455 e. The molecule has 0 radical (unpaired) electrons. The fourth-order valence-corrected chi connectivity index (χ4v) is 5.02. The first-order valence-electron chi connectivity index (χ1n) is 17.3. The van der Waals surface area contributed by atoms with Gasteiger partial charge in [0, 0.05) is 26.3 Å². The molecule has 2 aromatic heterocycles. The van der Waals surface area contributed by atoms with Crippen molar-refractivity contribution in [1.29, 1.82) is 0 Å². The number of carbonyl (C=O) groups is 4. The number of hydrogen-bond acceptors (Lipinski definition) is 11. The van der Waals surface area contributed by atoms with E-state index in [9.17, 15) is 58.7 Å². The number of Topliss-reactive ketones (excluding diaryl/α,β-unsaturated/α-hetero) is 1. The molecule has 0 saturated heterocycles. The van der Waals surface area contributed by atoms with Crippen LogP contribution in [-0.2, 0) is 31.4 Å². The van der Waals surface area contributed by atoms with Crippen LogP contribution in [0.4, 0.5) is 39.5 Å². The van der Waals surface area contributed by atoms with Crippen LogP contribution in [0.25, 0.3) is 0 Å². The lowest BCUT2D eigenvalue weighted by Crippen LogP contribution is -2.39. The van der Waals surface area contributed by atoms with Gasteiger partial charge < -0.3 is 19.5 Å². The van der Waals surface area contributed by atoms with Crippen molar-refractivity contribution in [2.45, 2.75) is 108 Å². The van der Waals surface area contributed by atoms with Crippen LogP contribution in [-0.4, -0.2) is 92.8 Å². The minimum Gasteiger partial charge on any atom is -0.478 e. The maximum absolute atomic E-state index is 13.0. The molecule has 57 heavy (non-hydrogen) atoms. The van der Waals surface area contributed by atoms with Crippen LogP contribution in [0.1, 0.15) is 116 Å². The molecule has 4 N–H and O–H groups in total. The van der Waals surface area contributed by atoms with E-state index in [2.05, 4.69) is 25.1 Å². The van der Waals surface area contributed by atoms with Crippen LogP contribution in [0.2, 0.25) is 0 Å². The molecule has 3 aliphatic carbocycles. The summed E-state index contributed by atoms with van der Waals surface area (Å²) in [6.07, 6.45) is -3.69. The maximum atomic E-state index is 13.0. The van der Waals surface area contributed by atoms with Crippen molar-refractivity contribution in [3.8, 4) is 0 Å². The summed E-state index contributed by atoms with van der Waals surface area (Å²) in [6, 6.07) is 0.0690. The Morgan fingerprint density at radius 2 is 1.23 bits per heavy atom. The van der Waals surface area contributed by atoms with Crippen LogP contribution in [0.15, 0.2) is 24.2 Å². The molecule has 14 nitrogen and oxygen atoms in total. The molecule has 0 spiro atoms. The Kier molecular flexibility index (Phi) is 19.5. The highest BCUT2D eigenvalue weighted by molar-refractivity contribution is 6.19. The molecule has 324 valence electrons. The normalized spacial score (nSPS) is 15.9. The van der Waals surface area contributed by atoms with Gasteiger partial charge in [0.15, 0.2) is 11.4 Å². The van der Waals surface area contributed by atoms with Gasteiger partial charge in [-0.2, -0.15) is 49.7 Å². The predicted molar refractivity (Wildman–Crippen MR) is 185 cm³/mol. The number of carbonyl (C=O) groups excluding carboxylic acids is 3. The maximum Gasteiger partial charge on any atom is 0.455 e. The number of nitrogens with one attached hydrogen (secondary N) is 1. The number of alkyl halides is 9. The van der Waals surface area contributed by atoms with Crippen molar-refractivity contribution < 1.29 is 73.3 Å². The number of esters is 2. The Bertz CT molecular complexity index is 1660. The molecule has 0 bridgehead atoms. The van der Waals surface area contributed by atoms with E-state index >= 15 is 0 Å². The van der Waals surface area contributed by atoms with E-state index in [1.54, 1.807) is 6.92 Å². The first kappa shape index (κ1) is 50.6. The predicted octanol–water partition coefficient (Wildman–Crippen LogP) is 6.68. The molecule has 0 unspecified atom stereocenters. The first-order chi connectivity index (χ1) is 26.0. The van der Waals surface area contributed by atoms with Gasteiger partial charge in [-0.3, -0.25) is 25.4 Å². The molecule has 0 aromatic carbocycles. The summed E-state index contributed by atoms with van der Waals surface area (Å²) in [5.74, 6) is -0.980. The van der Waals surface area contributed by atoms with E-state index in [-0.39, 0.29) is 37.7 Å². The molecule has 0 aliphatic heterocycles. The van der Waals surface area contributed by atoms with Gasteiger partial charge in [-0.05, 0) is 65.2 Å². The van der Waals surface area contributed by atoms with Gasteiger partial charge in [-0.1, -0.05) is 6.42 Å². The second kappa shape index (κ2) is 22.0. The highest BCUT2D eigenvalue weighted by atomic mass is 35.5. The molecule has 5 rings (SSSR count). The van der Waals surface area contributed by atoms with Gasteiger partial charge >= 0.3 is 36.4 Å². The van der Waals surface area contributed by atoms with Crippen LogP contribution in [0.5, 0.6) is 0 Å². The standard InChI is InChI=1S/C11H13F3N2O2.C9H9F3N2O2.C9H12F3NO3.C4H10N2.ClH/c1-2-18-10(17)8-6-15-16(7-4-3-5-7)9(8)11(12,13)14;10-9(11,12)7-6(8(15)16)4-13-14(7)5-2-1-3-5;1-4-16-8(15)6(5-13(2)3)7(14)9(10,11)12;5-6-4-2-1-3-4;/h6-7H,2-5H2,1H3;4-5H,1-3H2,(H,15,16);5H,4H2,1-3H3;4,6H,1-3,5H2;1H/b;;6-5-;;. The lowest BCUT2D eigenvalue weighted by Gasteiger charge is -2.28. The van der Waals surface area contributed by atoms with Crippen molar-refractivity contribution in [1.82, 2.24) is 29.9 Å². The summed E-state index contributed by atoms with van der Waals surface area (Å²) in [7, 11) is 2.78. The lowest BCUT2D eigenvalue weighted by atomic mass is 9.93. The van der Waals surface area contributed by atoms with E-state index in [1.165, 1.54) is 40.3 Å². The second-order valence-electron chi connectivity index (χ2n) is 12.7. The number of aromatic nitrogens is 4. The van der Waals surface area contributed by atoms with Crippen molar-refractivity contribution in [2.75, 3.05) is 27.3 Å². The highest BCUT2D eigenvalue weighted by Crippen LogP contribution is 2.40. The van der Waals surface area contributed by atoms with E-state index in [4.69, 9.17) is 10.9 Å². The topological polar surface area (TPSA) is 184 Å². The van der Waals surface area contributed by atoms with E-state index in [1.807, 2.05) is 0 Å². The molecule has 3 saturated carbocycles. The third-order valence-electron chi connectivity index (χ3n) is 8.42. The fraction of sp³-hybridized carbons (Fsp3) is 0.636. The minimum absolute atomic E-state index is 0. The van der Waals surface area contributed by atoms with E-state index in [0.29, 0.717) is 31.7 Å². The Balaban J connectivity index is 0.000000395.